The van der Waals surface area contributed by atoms with E-state index in [2.05, 4.69) is 19.2 Å². The van der Waals surface area contributed by atoms with Crippen LogP contribution in [-0.2, 0) is 0 Å². The molecule has 0 aromatic carbocycles. The molecule has 0 heterocycles. The van der Waals surface area contributed by atoms with Crippen molar-refractivity contribution in [3.8, 4) is 0 Å². The molecule has 0 fully saturated rings. The normalized spacial score (nSPS) is 9.86. The molecule has 0 aromatic heterocycles. The zero-order chi connectivity index (χ0) is 5.54. The Hall–Kier alpha value is -0.173. The molecule has 0 unspecified atom stereocenters. The van der Waals surface area contributed by atoms with Gasteiger partial charge in [0.1, 0.15) is 0 Å². The van der Waals surface area contributed by atoms with E-state index >= 15 is 0 Å². The maximum absolute atomic E-state index is 3.63. The summed E-state index contributed by atoms with van der Waals surface area (Å²) < 4.78 is 0. The van der Waals surface area contributed by atoms with Gasteiger partial charge in [-0.15, -0.1) is 12.3 Å². The third-order valence-electron chi connectivity index (χ3n) is 0.705. The summed E-state index contributed by atoms with van der Waals surface area (Å²) in [6.45, 7) is 5.81. The van der Waals surface area contributed by atoms with Crippen molar-refractivity contribution in [3.05, 3.63) is 12.7 Å². The molecular weight excluding hydrogens is 100 g/mol. The molecule has 0 nitrogen and oxygen atoms in total. The van der Waals surface area contributed by atoms with E-state index in [1.807, 2.05) is 6.08 Å². The second kappa shape index (κ2) is 5.83. The molecule has 0 aliphatic carbocycles. The SMILES string of the molecule is C=CC[SiH]=CCC. The highest BCUT2D eigenvalue weighted by Crippen LogP contribution is 1.70. The summed E-state index contributed by atoms with van der Waals surface area (Å²) in [5, 5.41) is 0. The molecule has 0 spiro atoms. The summed E-state index contributed by atoms with van der Waals surface area (Å²) in [6, 6.07) is 1.22. The van der Waals surface area contributed by atoms with Crippen LogP contribution in [0.2, 0.25) is 6.04 Å². The van der Waals surface area contributed by atoms with E-state index in [-0.39, 0.29) is 0 Å². The lowest BCUT2D eigenvalue weighted by molar-refractivity contribution is 1.35. The van der Waals surface area contributed by atoms with Gasteiger partial charge in [0.25, 0.3) is 0 Å². The van der Waals surface area contributed by atoms with Gasteiger partial charge in [0.05, 0.1) is 0 Å². The van der Waals surface area contributed by atoms with Crippen molar-refractivity contribution in [2.75, 3.05) is 0 Å². The Morgan fingerprint density at radius 2 is 2.43 bits per heavy atom. The van der Waals surface area contributed by atoms with E-state index in [1.54, 1.807) is 0 Å². The van der Waals surface area contributed by atoms with E-state index in [0.717, 1.165) is 0 Å². The fourth-order valence-electron chi connectivity index (χ4n) is 0.359. The standard InChI is InChI=1S/C6H12Si/c1-3-5-7-6-4-2/h3,6-7H,1,4-5H2,2H3. The van der Waals surface area contributed by atoms with Gasteiger partial charge in [-0.3, -0.25) is 0 Å². The summed E-state index contributed by atoms with van der Waals surface area (Å²) in [5.74, 6) is 0. The van der Waals surface area contributed by atoms with Gasteiger partial charge >= 0.3 is 0 Å². The van der Waals surface area contributed by atoms with Crippen LogP contribution in [-0.4, -0.2) is 14.8 Å². The minimum atomic E-state index is 0.579. The predicted octanol–water partition coefficient (Wildman–Crippen LogP) is 1.24. The second-order valence-electron chi connectivity index (χ2n) is 1.40. The van der Waals surface area contributed by atoms with Crippen LogP contribution >= 0.6 is 0 Å². The van der Waals surface area contributed by atoms with Gasteiger partial charge < -0.3 is 0 Å². The Labute approximate surface area is 47.7 Å². The molecule has 0 amide bonds. The van der Waals surface area contributed by atoms with Crippen LogP contribution in [0.3, 0.4) is 0 Å². The highest BCUT2D eigenvalue weighted by molar-refractivity contribution is 6.47. The molecule has 40 valence electrons. The molecular formula is C6H12Si. The summed E-state index contributed by atoms with van der Waals surface area (Å²) in [7, 11) is 0.579. The van der Waals surface area contributed by atoms with Crippen molar-refractivity contribution in [1.82, 2.24) is 0 Å². The van der Waals surface area contributed by atoms with Gasteiger partial charge in [-0.05, 0) is 21.6 Å². The fourth-order valence-corrected chi connectivity index (χ4v) is 1.08. The van der Waals surface area contributed by atoms with Crippen LogP contribution in [0.1, 0.15) is 13.3 Å². The van der Waals surface area contributed by atoms with E-state index in [9.17, 15) is 0 Å². The number of hydrogen-bond donors (Lipinski definition) is 0. The topological polar surface area (TPSA) is 0 Å². The maximum atomic E-state index is 3.63. The molecule has 0 bridgehead atoms. The Balaban J connectivity index is 2.92. The van der Waals surface area contributed by atoms with Crippen molar-refractivity contribution < 1.29 is 0 Å². The van der Waals surface area contributed by atoms with Crippen LogP contribution in [0, 0.1) is 0 Å². The number of hydrogen-bond acceptors (Lipinski definition) is 0. The lowest BCUT2D eigenvalue weighted by Gasteiger charge is -1.74. The van der Waals surface area contributed by atoms with Crippen LogP contribution < -0.4 is 0 Å². The summed E-state index contributed by atoms with van der Waals surface area (Å²) >= 11 is 0. The van der Waals surface area contributed by atoms with Gasteiger partial charge in [-0.2, -0.15) is 0 Å². The van der Waals surface area contributed by atoms with Gasteiger partial charge in [-0.25, -0.2) is 0 Å². The molecule has 0 saturated carbocycles. The Bertz CT molecular complexity index is 64.6. The van der Waals surface area contributed by atoms with Crippen molar-refractivity contribution in [3.63, 3.8) is 0 Å². The molecule has 0 rings (SSSR count). The summed E-state index contributed by atoms with van der Waals surface area (Å²) in [6.07, 6.45) is 3.21. The zero-order valence-corrected chi connectivity index (χ0v) is 6.01. The van der Waals surface area contributed by atoms with Crippen LogP contribution in [0.15, 0.2) is 12.7 Å². The average Bonchev–Trinajstić information content (AvgIpc) is 1.69. The monoisotopic (exact) mass is 112 g/mol. The summed E-state index contributed by atoms with van der Waals surface area (Å²) in [5.41, 5.74) is 2.35. The van der Waals surface area contributed by atoms with E-state index in [0.29, 0.717) is 9.13 Å². The van der Waals surface area contributed by atoms with Crippen LogP contribution in [0.4, 0.5) is 0 Å². The lowest BCUT2D eigenvalue weighted by atomic mass is 10.6. The van der Waals surface area contributed by atoms with Crippen molar-refractivity contribution in [2.24, 2.45) is 0 Å². The van der Waals surface area contributed by atoms with E-state index in [1.165, 1.54) is 12.5 Å². The largest absolute Gasteiger partial charge is 0.106 e. The Morgan fingerprint density at radius 3 is 2.86 bits per heavy atom. The first-order valence-corrected chi connectivity index (χ1v) is 4.16. The predicted molar refractivity (Wildman–Crippen MR) is 38.5 cm³/mol. The fraction of sp³-hybridized carbons (Fsp3) is 0.500. The third kappa shape index (κ3) is 5.83. The van der Waals surface area contributed by atoms with Gasteiger partial charge in [0.2, 0.25) is 0 Å². The highest BCUT2D eigenvalue weighted by Gasteiger charge is 1.64. The van der Waals surface area contributed by atoms with Gasteiger partial charge in [-0.1, -0.05) is 13.0 Å². The minimum absolute atomic E-state index is 0.579. The average molecular weight is 112 g/mol. The first-order valence-electron chi connectivity index (χ1n) is 2.67. The first-order chi connectivity index (χ1) is 3.41. The van der Waals surface area contributed by atoms with Gasteiger partial charge in [0, 0.05) is 0 Å². The molecule has 0 aromatic rings. The number of allylic oxidation sites excluding steroid dienone is 1. The molecule has 0 atom stereocenters. The van der Waals surface area contributed by atoms with E-state index in [4.69, 9.17) is 0 Å². The molecule has 0 aliphatic heterocycles. The second-order valence-corrected chi connectivity index (χ2v) is 2.82. The first kappa shape index (κ1) is 6.83. The van der Waals surface area contributed by atoms with Gasteiger partial charge in [0.15, 0.2) is 0 Å². The van der Waals surface area contributed by atoms with Crippen LogP contribution in [0.25, 0.3) is 0 Å². The molecule has 1 heteroatoms. The summed E-state index contributed by atoms with van der Waals surface area (Å²) in [4.78, 5) is 0. The molecule has 7 heavy (non-hydrogen) atoms. The molecule has 0 saturated heterocycles. The van der Waals surface area contributed by atoms with Crippen molar-refractivity contribution in [1.29, 1.82) is 0 Å². The molecule has 0 radical (unpaired) electrons. The highest BCUT2D eigenvalue weighted by atomic mass is 28.2. The smallest absolute Gasteiger partial charge is 0.00795 e. The lowest BCUT2D eigenvalue weighted by Crippen LogP contribution is -1.76. The van der Waals surface area contributed by atoms with Crippen LogP contribution in [0.5, 0.6) is 0 Å². The third-order valence-corrected chi connectivity index (χ3v) is 2.12. The van der Waals surface area contributed by atoms with E-state index < -0.39 is 0 Å². The number of rotatable bonds is 3. The molecule has 0 aliphatic rings. The maximum Gasteiger partial charge on any atom is -0.00795 e. The Kier molecular flexibility index (Phi) is 5.68. The molecule has 0 N–H and O–H groups in total. The van der Waals surface area contributed by atoms with Crippen molar-refractivity contribution in [2.45, 2.75) is 19.4 Å². The zero-order valence-electron chi connectivity index (χ0n) is 4.85. The minimum Gasteiger partial charge on any atom is -0.106 e. The quantitative estimate of drug-likeness (QED) is 0.380. The Morgan fingerprint density at radius 1 is 1.71 bits per heavy atom. The van der Waals surface area contributed by atoms with Crippen molar-refractivity contribution >= 4 is 14.8 Å².